The third-order valence-corrected chi connectivity index (χ3v) is 3.50. The number of nitrogens with two attached hydrogens (primary N) is 1. The highest BCUT2D eigenvalue weighted by atomic mass is 35.5. The van der Waals surface area contributed by atoms with Gasteiger partial charge in [0.05, 0.1) is 19.1 Å². The van der Waals surface area contributed by atoms with Gasteiger partial charge >= 0.3 is 0 Å². The largest absolute Gasteiger partial charge is 0.548 e. The normalized spacial score (nSPS) is 10.9. The molecule has 0 aliphatic carbocycles. The van der Waals surface area contributed by atoms with E-state index in [0.29, 0.717) is 22.6 Å². The Morgan fingerprint density at radius 3 is 2.44 bits per heavy atom. The first-order chi connectivity index (χ1) is 11.4. The maximum absolute atomic E-state index is 11.6. The summed E-state index contributed by atoms with van der Waals surface area (Å²) in [5.41, 5.74) is 7.75. The molecule has 0 radical (unpaired) electrons. The Morgan fingerprint density at radius 1 is 1.32 bits per heavy atom. The quantitative estimate of drug-likeness (QED) is 0.516. The molecular weight excluding hydrogens is 342 g/mol. The summed E-state index contributed by atoms with van der Waals surface area (Å²) in [7, 11) is 1.51. The molecule has 0 aliphatic rings. The topological polar surface area (TPSA) is 111 Å². The number of rotatable bonds is 7. The number of amidine groups is 1. The fraction of sp³-hybridized carbons (Fsp3) is 0.111. The average Bonchev–Trinajstić information content (AvgIpc) is 2.59. The van der Waals surface area contributed by atoms with Crippen molar-refractivity contribution in [2.24, 2.45) is 5.73 Å². The molecule has 2 aromatic rings. The van der Waals surface area contributed by atoms with Gasteiger partial charge < -0.3 is 25.7 Å². The lowest BCUT2D eigenvalue weighted by Crippen LogP contribution is -2.34. The summed E-state index contributed by atoms with van der Waals surface area (Å²) in [6, 6.07) is 10.6. The standard InChI is InChI=1S/C18H19N3O3.ClH/c1-3-11-8-13(10-15(9-11)24-2)16(18(22)23)21-14-6-4-12(5-7-14)17(19)20;/h3-10,16,21H,1H2,2H3,(H3,19,20)(H,22,23);1H/p-1. The Morgan fingerprint density at radius 2 is 1.96 bits per heavy atom. The maximum atomic E-state index is 11.6. The predicted octanol–water partition coefficient (Wildman–Crippen LogP) is 1.95. The first kappa shape index (κ1) is 20.1. The Hall–Kier alpha value is -2.99. The van der Waals surface area contributed by atoms with Crippen molar-refractivity contribution in [3.63, 3.8) is 0 Å². The van der Waals surface area contributed by atoms with E-state index in [0.717, 1.165) is 5.56 Å². The molecule has 2 aromatic carbocycles. The van der Waals surface area contributed by atoms with Gasteiger partial charge in [0.1, 0.15) is 11.6 Å². The number of carbonyl (C=O) groups excluding carboxylic acids is 1. The van der Waals surface area contributed by atoms with E-state index in [1.165, 1.54) is 7.11 Å². The lowest BCUT2D eigenvalue weighted by molar-refractivity contribution is -0.307. The van der Waals surface area contributed by atoms with Crippen molar-refractivity contribution in [3.05, 3.63) is 65.7 Å². The highest BCUT2D eigenvalue weighted by Gasteiger charge is 2.15. The summed E-state index contributed by atoms with van der Waals surface area (Å²) < 4.78 is 5.19. The van der Waals surface area contributed by atoms with E-state index in [1.54, 1.807) is 48.5 Å². The summed E-state index contributed by atoms with van der Waals surface area (Å²) in [5.74, 6) is -0.794. The molecule has 25 heavy (non-hydrogen) atoms. The number of nitrogen functional groups attached to an aromatic ring is 1. The van der Waals surface area contributed by atoms with Gasteiger partial charge in [-0.3, -0.25) is 5.41 Å². The molecule has 6 nitrogen and oxygen atoms in total. The highest BCUT2D eigenvalue weighted by Crippen LogP contribution is 2.25. The number of hydrogen-bond acceptors (Lipinski definition) is 5. The minimum atomic E-state index is -1.27. The molecule has 0 aliphatic heterocycles. The minimum Gasteiger partial charge on any atom is -0.548 e. The molecule has 4 N–H and O–H groups in total. The van der Waals surface area contributed by atoms with Crippen molar-refractivity contribution in [2.45, 2.75) is 6.04 Å². The molecule has 0 bridgehead atoms. The van der Waals surface area contributed by atoms with Gasteiger partial charge in [-0.1, -0.05) is 12.7 Å². The van der Waals surface area contributed by atoms with Crippen molar-refractivity contribution in [1.82, 2.24) is 0 Å². The molecular formula is C18H19ClN3O3-. The van der Waals surface area contributed by atoms with E-state index in [1.807, 2.05) is 0 Å². The Labute approximate surface area is 152 Å². The van der Waals surface area contributed by atoms with E-state index in [9.17, 15) is 9.90 Å². The van der Waals surface area contributed by atoms with Crippen molar-refractivity contribution < 1.29 is 14.6 Å². The van der Waals surface area contributed by atoms with E-state index in [2.05, 4.69) is 11.9 Å². The minimum absolute atomic E-state index is 0. The summed E-state index contributed by atoms with van der Waals surface area (Å²) in [6.07, 6.45) is 1.61. The van der Waals surface area contributed by atoms with Crippen LogP contribution in [-0.2, 0) is 4.79 Å². The molecule has 0 saturated carbocycles. The number of methoxy groups -OCH3 is 1. The second-order valence-electron chi connectivity index (χ2n) is 5.13. The summed E-state index contributed by atoms with van der Waals surface area (Å²) in [4.78, 5) is 11.6. The summed E-state index contributed by atoms with van der Waals surface area (Å²) in [5, 5.41) is 21.9. The van der Waals surface area contributed by atoms with Gasteiger partial charge in [0, 0.05) is 11.3 Å². The van der Waals surface area contributed by atoms with E-state index in [-0.39, 0.29) is 18.2 Å². The number of nitrogens with one attached hydrogen (secondary N) is 2. The van der Waals surface area contributed by atoms with Crippen LogP contribution in [-0.4, -0.2) is 18.9 Å². The monoisotopic (exact) mass is 360 g/mol. The summed E-state index contributed by atoms with van der Waals surface area (Å²) in [6.45, 7) is 3.69. The molecule has 0 saturated heterocycles. The second kappa shape index (κ2) is 8.75. The first-order valence-corrected chi connectivity index (χ1v) is 7.18. The van der Waals surface area contributed by atoms with Gasteiger partial charge in [-0.15, -0.1) is 12.4 Å². The summed E-state index contributed by atoms with van der Waals surface area (Å²) >= 11 is 0. The smallest absolute Gasteiger partial charge is 0.122 e. The lowest BCUT2D eigenvalue weighted by Gasteiger charge is -2.22. The molecule has 1 atom stereocenters. The zero-order valence-corrected chi connectivity index (χ0v) is 14.4. The number of benzene rings is 2. The van der Waals surface area contributed by atoms with Gasteiger partial charge in [0.2, 0.25) is 0 Å². The van der Waals surface area contributed by atoms with E-state index >= 15 is 0 Å². The van der Waals surface area contributed by atoms with Gasteiger partial charge in [-0.05, 0) is 53.6 Å². The molecule has 2 rings (SSSR count). The zero-order chi connectivity index (χ0) is 17.7. The Balaban J connectivity index is 0.00000312. The molecule has 0 amide bonds. The van der Waals surface area contributed by atoms with Crippen molar-refractivity contribution in [1.29, 1.82) is 5.41 Å². The van der Waals surface area contributed by atoms with E-state index in [4.69, 9.17) is 15.9 Å². The second-order valence-corrected chi connectivity index (χ2v) is 5.13. The van der Waals surface area contributed by atoms with Crippen LogP contribution in [0.3, 0.4) is 0 Å². The molecule has 1 unspecified atom stereocenters. The van der Waals surface area contributed by atoms with Crippen LogP contribution in [0.2, 0.25) is 0 Å². The van der Waals surface area contributed by atoms with Crippen molar-refractivity contribution in [3.8, 4) is 5.75 Å². The molecule has 0 spiro atoms. The number of carboxylic acids is 1. The Kier molecular flexibility index (Phi) is 7.02. The number of aliphatic carboxylic acids is 1. The maximum Gasteiger partial charge on any atom is 0.122 e. The van der Waals surface area contributed by atoms with Gasteiger partial charge in [-0.25, -0.2) is 0 Å². The van der Waals surface area contributed by atoms with Crippen molar-refractivity contribution >= 4 is 36.0 Å². The number of halogens is 1. The zero-order valence-electron chi connectivity index (χ0n) is 13.6. The highest BCUT2D eigenvalue weighted by molar-refractivity contribution is 5.95. The fourth-order valence-electron chi connectivity index (χ4n) is 2.24. The van der Waals surface area contributed by atoms with Gasteiger partial charge in [0.25, 0.3) is 0 Å². The Bertz CT molecular complexity index is 776. The SMILES string of the molecule is C=Cc1cc(OC)cc(C(Nc2ccc(C(=N)N)cc2)C(=O)[O-])c1.Cl. The van der Waals surface area contributed by atoms with Crippen LogP contribution < -0.4 is 20.9 Å². The number of carboxylic acid groups (broad SMARTS) is 1. The first-order valence-electron chi connectivity index (χ1n) is 7.18. The molecule has 0 fully saturated rings. The molecule has 0 heterocycles. The molecule has 7 heteroatoms. The number of hydrogen-bond donors (Lipinski definition) is 3. The number of carbonyl (C=O) groups is 1. The van der Waals surface area contributed by atoms with Crippen LogP contribution >= 0.6 is 12.4 Å². The number of ether oxygens (including phenoxy) is 1. The van der Waals surface area contributed by atoms with Crippen LogP contribution in [0.5, 0.6) is 5.75 Å². The third-order valence-electron chi connectivity index (χ3n) is 3.50. The van der Waals surface area contributed by atoms with Crippen LogP contribution in [0.1, 0.15) is 22.7 Å². The molecule has 132 valence electrons. The number of anilines is 1. The van der Waals surface area contributed by atoms with Crippen LogP contribution in [0, 0.1) is 5.41 Å². The van der Waals surface area contributed by atoms with E-state index < -0.39 is 12.0 Å². The lowest BCUT2D eigenvalue weighted by atomic mass is 10.0. The molecule has 0 aromatic heterocycles. The van der Waals surface area contributed by atoms with Crippen LogP contribution in [0.4, 0.5) is 5.69 Å². The van der Waals surface area contributed by atoms with Gasteiger partial charge in [0.15, 0.2) is 0 Å². The van der Waals surface area contributed by atoms with Crippen molar-refractivity contribution in [2.75, 3.05) is 12.4 Å². The average molecular weight is 361 g/mol. The van der Waals surface area contributed by atoms with Crippen LogP contribution in [0.25, 0.3) is 6.08 Å². The van der Waals surface area contributed by atoms with Crippen LogP contribution in [0.15, 0.2) is 49.0 Å². The fourth-order valence-corrected chi connectivity index (χ4v) is 2.24. The third kappa shape index (κ3) is 4.99. The predicted molar refractivity (Wildman–Crippen MR) is 99.2 cm³/mol. The van der Waals surface area contributed by atoms with Gasteiger partial charge in [-0.2, -0.15) is 0 Å².